The van der Waals surface area contributed by atoms with Gasteiger partial charge in [-0.1, -0.05) is 11.8 Å². The maximum atomic E-state index is 8.37. The molecule has 0 unspecified atom stereocenters. The zero-order chi connectivity index (χ0) is 14.8. The van der Waals surface area contributed by atoms with Crippen LogP contribution >= 0.6 is 0 Å². The summed E-state index contributed by atoms with van der Waals surface area (Å²) in [5, 5.41) is 16.7. The van der Waals surface area contributed by atoms with Gasteiger partial charge in [0.2, 0.25) is 0 Å². The van der Waals surface area contributed by atoms with Crippen LogP contribution in [-0.2, 0) is 0 Å². The van der Waals surface area contributed by atoms with E-state index in [2.05, 4.69) is 11.8 Å². The lowest BCUT2D eigenvalue weighted by atomic mass is 10.1. The van der Waals surface area contributed by atoms with Crippen LogP contribution in [0, 0.1) is 47.3 Å². The Morgan fingerprint density at radius 3 is 1.00 bits per heavy atom. The van der Waals surface area contributed by atoms with Gasteiger partial charge in [-0.2, -0.15) is 10.5 Å². The van der Waals surface area contributed by atoms with Crippen molar-refractivity contribution in [3.8, 4) is 36.8 Å². The smallest absolute Gasteiger partial charge is 0.0991 e. The molecule has 0 radical (unpaired) electrons. The fraction of sp³-hybridized carbons (Fsp3) is 0. The number of hydrogen-bond donors (Lipinski definition) is 0. The molecule has 0 saturated carbocycles. The molecule has 0 atom stereocenters. The third-order valence-corrected chi connectivity index (χ3v) is 2.36. The summed E-state index contributed by atoms with van der Waals surface area (Å²) >= 11 is 0. The Morgan fingerprint density at radius 1 is 0.550 bits per heavy atom. The lowest BCUT2D eigenvalue weighted by Crippen LogP contribution is -1.74. The lowest BCUT2D eigenvalue weighted by molar-refractivity contribution is 1.45. The Hall–Kier alpha value is -3.46. The fourth-order valence-electron chi connectivity index (χ4n) is 1.28. The average molecular weight is 254 g/mol. The topological polar surface area (TPSA) is 47.6 Å². The second-order valence-corrected chi connectivity index (χ2v) is 3.67. The highest BCUT2D eigenvalue weighted by Gasteiger charge is 1.89. The van der Waals surface area contributed by atoms with Crippen molar-refractivity contribution in [1.29, 1.82) is 10.5 Å². The van der Waals surface area contributed by atoms with Crippen molar-refractivity contribution in [2.75, 3.05) is 0 Å². The number of nitriles is 2. The van der Waals surface area contributed by atoms with Gasteiger partial charge in [-0.3, -0.25) is 0 Å². The molecule has 2 rings (SSSR count). The Morgan fingerprint density at radius 2 is 0.800 bits per heavy atom. The normalized spacial score (nSPS) is 7.80. The molecule has 0 aromatic heterocycles. The third-order valence-electron chi connectivity index (χ3n) is 2.36. The zero-order valence-corrected chi connectivity index (χ0v) is 10.7. The highest BCUT2D eigenvalue weighted by molar-refractivity contribution is 5.39. The van der Waals surface area contributed by atoms with Crippen molar-refractivity contribution in [3.05, 3.63) is 70.8 Å². The van der Waals surface area contributed by atoms with Gasteiger partial charge < -0.3 is 0 Å². The van der Waals surface area contributed by atoms with Crippen molar-refractivity contribution in [2.24, 2.45) is 0 Å². The summed E-state index contributed by atoms with van der Waals surface area (Å²) in [4.78, 5) is 0. The van der Waals surface area contributed by atoms with Crippen LogP contribution in [0.5, 0.6) is 0 Å². The van der Waals surface area contributed by atoms with E-state index in [0.29, 0.717) is 11.1 Å². The summed E-state index contributed by atoms with van der Waals surface area (Å²) in [5.74, 6) is 5.02. The summed E-state index contributed by atoms with van der Waals surface area (Å²) in [6, 6.07) is 17.7. The molecule has 0 N–H and O–H groups in total. The standard InChI is InChI=1S/C10H6.C8H4N2/c1-3-9-5-7-10(4-2)8-6-9;9-5-7-1-2-8(6-10)4-3-7/h1-2,5-8H;1-4H. The molecule has 20 heavy (non-hydrogen) atoms. The van der Waals surface area contributed by atoms with Gasteiger partial charge in [0.25, 0.3) is 0 Å². The van der Waals surface area contributed by atoms with Crippen LogP contribution in [0.1, 0.15) is 22.3 Å². The van der Waals surface area contributed by atoms with Crippen molar-refractivity contribution >= 4 is 0 Å². The summed E-state index contributed by atoms with van der Waals surface area (Å²) in [6.45, 7) is 0. The first-order valence-electron chi connectivity index (χ1n) is 5.67. The van der Waals surface area contributed by atoms with E-state index >= 15 is 0 Å². The molecule has 0 heterocycles. The summed E-state index contributed by atoms with van der Waals surface area (Å²) in [7, 11) is 0. The van der Waals surface area contributed by atoms with E-state index in [1.165, 1.54) is 0 Å². The van der Waals surface area contributed by atoms with Crippen LogP contribution in [-0.4, -0.2) is 0 Å². The number of benzene rings is 2. The van der Waals surface area contributed by atoms with Crippen LogP contribution in [0.4, 0.5) is 0 Å². The van der Waals surface area contributed by atoms with E-state index in [4.69, 9.17) is 23.4 Å². The van der Waals surface area contributed by atoms with Gasteiger partial charge in [-0.15, -0.1) is 12.8 Å². The monoisotopic (exact) mass is 254 g/mol. The van der Waals surface area contributed by atoms with Crippen molar-refractivity contribution in [2.45, 2.75) is 0 Å². The molecule has 0 spiro atoms. The molecule has 0 saturated heterocycles. The largest absolute Gasteiger partial charge is 0.192 e. The zero-order valence-electron chi connectivity index (χ0n) is 10.7. The van der Waals surface area contributed by atoms with Crippen LogP contribution in [0.25, 0.3) is 0 Å². The molecule has 0 aliphatic carbocycles. The molecule has 2 heteroatoms. The first kappa shape index (κ1) is 14.6. The SMILES string of the molecule is C#Cc1ccc(C#C)cc1.N#Cc1ccc(C#N)cc1. The van der Waals surface area contributed by atoms with Gasteiger partial charge in [0, 0.05) is 11.1 Å². The fourth-order valence-corrected chi connectivity index (χ4v) is 1.28. The molecule has 92 valence electrons. The second-order valence-electron chi connectivity index (χ2n) is 3.67. The van der Waals surface area contributed by atoms with Crippen LogP contribution < -0.4 is 0 Å². The predicted octanol–water partition coefficient (Wildman–Crippen LogP) is 3.08. The van der Waals surface area contributed by atoms with E-state index in [1.54, 1.807) is 24.3 Å². The average Bonchev–Trinajstić information content (AvgIpc) is 2.55. The molecule has 0 fully saturated rings. The molecular weight excluding hydrogens is 244 g/mol. The van der Waals surface area contributed by atoms with E-state index in [0.717, 1.165) is 11.1 Å². The van der Waals surface area contributed by atoms with E-state index in [-0.39, 0.29) is 0 Å². The Bertz CT molecular complexity index is 591. The van der Waals surface area contributed by atoms with Crippen molar-refractivity contribution in [3.63, 3.8) is 0 Å². The lowest BCUT2D eigenvalue weighted by Gasteiger charge is -1.89. The molecule has 0 bridgehead atoms. The summed E-state index contributed by atoms with van der Waals surface area (Å²) < 4.78 is 0. The van der Waals surface area contributed by atoms with Crippen molar-refractivity contribution in [1.82, 2.24) is 0 Å². The summed E-state index contributed by atoms with van der Waals surface area (Å²) in [5.41, 5.74) is 2.89. The molecule has 2 aromatic carbocycles. The first-order chi connectivity index (χ1) is 9.73. The van der Waals surface area contributed by atoms with Gasteiger partial charge in [0.1, 0.15) is 0 Å². The Balaban J connectivity index is 0.000000200. The summed E-state index contributed by atoms with van der Waals surface area (Å²) in [6.07, 6.45) is 10.3. The van der Waals surface area contributed by atoms with Gasteiger partial charge in [-0.05, 0) is 48.5 Å². The van der Waals surface area contributed by atoms with Crippen molar-refractivity contribution < 1.29 is 0 Å². The maximum absolute atomic E-state index is 8.37. The van der Waals surface area contributed by atoms with Gasteiger partial charge >= 0.3 is 0 Å². The number of hydrogen-bond acceptors (Lipinski definition) is 2. The minimum atomic E-state index is 0.582. The van der Waals surface area contributed by atoms with Gasteiger partial charge in [0.05, 0.1) is 23.3 Å². The second kappa shape index (κ2) is 7.79. The minimum Gasteiger partial charge on any atom is -0.192 e. The number of rotatable bonds is 0. The van der Waals surface area contributed by atoms with E-state index < -0.39 is 0 Å². The third kappa shape index (κ3) is 4.43. The van der Waals surface area contributed by atoms with Crippen LogP contribution in [0.15, 0.2) is 48.5 Å². The molecule has 0 aliphatic heterocycles. The minimum absolute atomic E-state index is 0.582. The van der Waals surface area contributed by atoms with Crippen LogP contribution in [0.2, 0.25) is 0 Å². The Labute approximate surface area is 118 Å². The highest BCUT2D eigenvalue weighted by atomic mass is 14.2. The predicted molar refractivity (Wildman–Crippen MR) is 78.2 cm³/mol. The molecular formula is C18H10N2. The van der Waals surface area contributed by atoms with Gasteiger partial charge in [-0.25, -0.2) is 0 Å². The number of terminal acetylenes is 2. The number of nitrogens with zero attached hydrogens (tertiary/aromatic N) is 2. The molecule has 2 nitrogen and oxygen atoms in total. The van der Waals surface area contributed by atoms with E-state index in [9.17, 15) is 0 Å². The van der Waals surface area contributed by atoms with Gasteiger partial charge in [0.15, 0.2) is 0 Å². The maximum Gasteiger partial charge on any atom is 0.0991 e. The molecule has 2 aromatic rings. The Kier molecular flexibility index (Phi) is 5.68. The molecule has 0 aliphatic rings. The van der Waals surface area contributed by atoms with Crippen LogP contribution in [0.3, 0.4) is 0 Å². The first-order valence-corrected chi connectivity index (χ1v) is 5.67. The molecule has 0 amide bonds. The van der Waals surface area contributed by atoms with E-state index in [1.807, 2.05) is 36.4 Å². The quantitative estimate of drug-likeness (QED) is 0.678. The highest BCUT2D eigenvalue weighted by Crippen LogP contribution is 2.01.